The maximum Gasteiger partial charge on any atom is 0.224 e. The first-order valence-corrected chi connectivity index (χ1v) is 6.84. The SMILES string of the molecule is C[CH+]OC[C@@H](C)OC[C@@H](C)OC[C@H](C)OCCC. The van der Waals surface area contributed by atoms with Crippen LogP contribution in [0.1, 0.15) is 41.0 Å². The molecule has 0 aliphatic heterocycles. The maximum absolute atomic E-state index is 5.66. The van der Waals surface area contributed by atoms with Crippen molar-refractivity contribution in [2.45, 2.75) is 59.4 Å². The highest BCUT2D eigenvalue weighted by molar-refractivity contribution is 4.55. The van der Waals surface area contributed by atoms with E-state index < -0.39 is 0 Å². The lowest BCUT2D eigenvalue weighted by Crippen LogP contribution is -2.26. The van der Waals surface area contributed by atoms with E-state index in [-0.39, 0.29) is 18.3 Å². The van der Waals surface area contributed by atoms with E-state index in [9.17, 15) is 0 Å². The fourth-order valence-electron chi connectivity index (χ4n) is 1.29. The Labute approximate surface area is 112 Å². The van der Waals surface area contributed by atoms with Crippen molar-refractivity contribution in [3.8, 4) is 0 Å². The van der Waals surface area contributed by atoms with Crippen molar-refractivity contribution < 1.29 is 18.9 Å². The predicted octanol–water partition coefficient (Wildman–Crippen LogP) is 2.81. The summed E-state index contributed by atoms with van der Waals surface area (Å²) < 4.78 is 22.0. The zero-order valence-corrected chi connectivity index (χ0v) is 12.5. The van der Waals surface area contributed by atoms with Crippen LogP contribution in [-0.2, 0) is 18.9 Å². The molecule has 0 aromatic carbocycles. The van der Waals surface area contributed by atoms with Gasteiger partial charge in [0.15, 0.2) is 0 Å². The van der Waals surface area contributed by atoms with Gasteiger partial charge in [-0.1, -0.05) is 6.92 Å². The van der Waals surface area contributed by atoms with E-state index in [1.54, 1.807) is 6.61 Å². The molecule has 0 aliphatic carbocycles. The summed E-state index contributed by atoms with van der Waals surface area (Å²) in [6.07, 6.45) is 1.34. The number of ether oxygens (including phenoxy) is 4. The minimum Gasteiger partial charge on any atom is -0.376 e. The average molecular weight is 261 g/mol. The topological polar surface area (TPSA) is 36.9 Å². The first-order valence-electron chi connectivity index (χ1n) is 6.84. The van der Waals surface area contributed by atoms with Gasteiger partial charge in [-0.15, -0.1) is 0 Å². The molecule has 0 N–H and O–H groups in total. The van der Waals surface area contributed by atoms with Gasteiger partial charge in [0.05, 0.1) is 31.5 Å². The van der Waals surface area contributed by atoms with E-state index in [2.05, 4.69) is 6.92 Å². The Morgan fingerprint density at radius 3 is 1.83 bits per heavy atom. The first-order chi connectivity index (χ1) is 8.60. The minimum absolute atomic E-state index is 0.0748. The van der Waals surface area contributed by atoms with Crippen molar-refractivity contribution in [1.29, 1.82) is 0 Å². The maximum atomic E-state index is 5.66. The molecule has 0 spiro atoms. The molecule has 0 rings (SSSR count). The van der Waals surface area contributed by atoms with Crippen LogP contribution in [0.5, 0.6) is 0 Å². The second kappa shape index (κ2) is 11.8. The normalized spacial score (nSPS) is 16.3. The minimum atomic E-state index is 0.0748. The third kappa shape index (κ3) is 10.8. The smallest absolute Gasteiger partial charge is 0.224 e. The Morgan fingerprint density at radius 2 is 1.33 bits per heavy atom. The van der Waals surface area contributed by atoms with Crippen LogP contribution in [0.3, 0.4) is 0 Å². The molecule has 0 fully saturated rings. The third-order valence-corrected chi connectivity index (χ3v) is 2.33. The van der Waals surface area contributed by atoms with E-state index in [0.29, 0.717) is 19.8 Å². The predicted molar refractivity (Wildman–Crippen MR) is 72.5 cm³/mol. The van der Waals surface area contributed by atoms with Crippen LogP contribution in [-0.4, -0.2) is 44.7 Å². The summed E-state index contributed by atoms with van der Waals surface area (Å²) in [4.78, 5) is 0. The van der Waals surface area contributed by atoms with Crippen molar-refractivity contribution in [3.05, 3.63) is 6.61 Å². The Kier molecular flexibility index (Phi) is 11.6. The van der Waals surface area contributed by atoms with Gasteiger partial charge in [0.25, 0.3) is 0 Å². The molecule has 0 unspecified atom stereocenters. The zero-order chi connectivity index (χ0) is 13.8. The Bertz CT molecular complexity index is 157. The van der Waals surface area contributed by atoms with Crippen LogP contribution >= 0.6 is 0 Å². The molecule has 0 amide bonds. The number of hydrogen-bond donors (Lipinski definition) is 0. The number of rotatable bonds is 12. The highest BCUT2D eigenvalue weighted by atomic mass is 16.6. The Balaban J connectivity index is 3.49. The van der Waals surface area contributed by atoms with Gasteiger partial charge in [-0.25, -0.2) is 0 Å². The molecule has 0 heterocycles. The van der Waals surface area contributed by atoms with Crippen LogP contribution < -0.4 is 0 Å². The fraction of sp³-hybridized carbons (Fsp3) is 0.929. The van der Waals surface area contributed by atoms with E-state index in [1.807, 2.05) is 27.7 Å². The molecule has 0 saturated carbocycles. The second-order valence-electron chi connectivity index (χ2n) is 4.54. The van der Waals surface area contributed by atoms with E-state index >= 15 is 0 Å². The van der Waals surface area contributed by atoms with Gasteiger partial charge in [0.2, 0.25) is 6.61 Å². The van der Waals surface area contributed by atoms with Crippen molar-refractivity contribution in [3.63, 3.8) is 0 Å². The first kappa shape index (κ1) is 17.7. The van der Waals surface area contributed by atoms with Crippen LogP contribution in [0.4, 0.5) is 0 Å². The summed E-state index contributed by atoms with van der Waals surface area (Å²) in [5, 5.41) is 0. The van der Waals surface area contributed by atoms with Crippen LogP contribution in [0.15, 0.2) is 0 Å². The summed E-state index contributed by atoms with van der Waals surface area (Å²) in [5.74, 6) is 0. The summed E-state index contributed by atoms with van der Waals surface area (Å²) in [6, 6.07) is 0. The molecule has 4 nitrogen and oxygen atoms in total. The van der Waals surface area contributed by atoms with Crippen molar-refractivity contribution in [1.82, 2.24) is 0 Å². The Hall–Kier alpha value is -0.290. The van der Waals surface area contributed by atoms with Crippen LogP contribution in [0.25, 0.3) is 0 Å². The molecule has 4 heteroatoms. The zero-order valence-electron chi connectivity index (χ0n) is 12.5. The molecular weight excluding hydrogens is 232 g/mol. The van der Waals surface area contributed by atoms with Gasteiger partial charge in [0.1, 0.15) is 13.5 Å². The molecule has 3 atom stereocenters. The molecule has 0 bridgehead atoms. The van der Waals surface area contributed by atoms with Gasteiger partial charge in [0, 0.05) is 6.61 Å². The van der Waals surface area contributed by atoms with Gasteiger partial charge in [-0.3, -0.25) is 0 Å². The molecular formula is C14H29O4+. The standard InChI is InChI=1S/C14H29O4/c1-6-8-16-13(4)10-18-14(5)11-17-12(3)9-15-7-2/h7,12-14H,6,8-11H2,1-5H3/q+1/t12-,13+,14-/m1/s1. The average Bonchev–Trinajstić information content (AvgIpc) is 2.37. The second-order valence-corrected chi connectivity index (χ2v) is 4.54. The lowest BCUT2D eigenvalue weighted by molar-refractivity contribution is -0.0763. The quantitative estimate of drug-likeness (QED) is 0.506. The third-order valence-electron chi connectivity index (χ3n) is 2.33. The molecule has 0 aromatic heterocycles. The molecule has 0 radical (unpaired) electrons. The van der Waals surface area contributed by atoms with E-state index in [1.165, 1.54) is 0 Å². The molecule has 108 valence electrons. The van der Waals surface area contributed by atoms with Crippen molar-refractivity contribution in [2.75, 3.05) is 26.4 Å². The van der Waals surface area contributed by atoms with Crippen molar-refractivity contribution >= 4 is 0 Å². The molecule has 0 saturated heterocycles. The molecule has 18 heavy (non-hydrogen) atoms. The van der Waals surface area contributed by atoms with Crippen molar-refractivity contribution in [2.24, 2.45) is 0 Å². The monoisotopic (exact) mass is 261 g/mol. The van der Waals surface area contributed by atoms with Gasteiger partial charge < -0.3 is 14.2 Å². The summed E-state index contributed by atoms with van der Waals surface area (Å²) in [6.45, 7) is 14.2. The van der Waals surface area contributed by atoms with E-state index in [0.717, 1.165) is 13.0 Å². The largest absolute Gasteiger partial charge is 0.376 e. The lowest BCUT2D eigenvalue weighted by atomic mass is 10.4. The number of hydrogen-bond acceptors (Lipinski definition) is 4. The van der Waals surface area contributed by atoms with Gasteiger partial charge in [-0.2, -0.15) is 4.74 Å². The summed E-state index contributed by atoms with van der Waals surface area (Å²) in [5.41, 5.74) is 0. The van der Waals surface area contributed by atoms with E-state index in [4.69, 9.17) is 18.9 Å². The highest BCUT2D eigenvalue weighted by Gasteiger charge is 2.10. The molecule has 0 aromatic rings. The van der Waals surface area contributed by atoms with Gasteiger partial charge in [-0.05, 0) is 27.2 Å². The summed E-state index contributed by atoms with van der Waals surface area (Å²) >= 11 is 0. The van der Waals surface area contributed by atoms with Crippen LogP contribution in [0.2, 0.25) is 0 Å². The Morgan fingerprint density at radius 1 is 0.833 bits per heavy atom. The van der Waals surface area contributed by atoms with Crippen LogP contribution in [0, 0.1) is 6.61 Å². The molecule has 0 aliphatic rings. The highest BCUT2D eigenvalue weighted by Crippen LogP contribution is 2.01. The lowest BCUT2D eigenvalue weighted by Gasteiger charge is -2.19. The summed E-state index contributed by atoms with van der Waals surface area (Å²) in [7, 11) is 0. The van der Waals surface area contributed by atoms with Gasteiger partial charge >= 0.3 is 0 Å². The fourth-order valence-corrected chi connectivity index (χ4v) is 1.29.